The van der Waals surface area contributed by atoms with E-state index in [2.05, 4.69) is 22.5 Å². The monoisotopic (exact) mass is 473 g/mol. The fourth-order valence-corrected chi connectivity index (χ4v) is 4.49. The summed E-state index contributed by atoms with van der Waals surface area (Å²) < 4.78 is 7.68. The van der Waals surface area contributed by atoms with E-state index < -0.39 is 0 Å². The van der Waals surface area contributed by atoms with Crippen LogP contribution >= 0.6 is 22.9 Å². The lowest BCUT2D eigenvalue weighted by Gasteiger charge is -2.06. The van der Waals surface area contributed by atoms with E-state index in [1.54, 1.807) is 17.1 Å². The topological polar surface area (TPSA) is 56.2 Å². The van der Waals surface area contributed by atoms with E-state index >= 15 is 0 Å². The second-order valence-corrected chi connectivity index (χ2v) is 8.91. The van der Waals surface area contributed by atoms with Gasteiger partial charge in [0.2, 0.25) is 0 Å². The first-order valence-electron chi connectivity index (χ1n) is 10.4. The van der Waals surface area contributed by atoms with Crippen molar-refractivity contribution in [3.63, 3.8) is 0 Å². The molecule has 0 fully saturated rings. The molecule has 164 valence electrons. The number of halogens is 1. The Kier molecular flexibility index (Phi) is 6.11. The predicted molar refractivity (Wildman–Crippen MR) is 133 cm³/mol. The highest BCUT2D eigenvalue weighted by Gasteiger charge is 2.12. The molecule has 0 aliphatic rings. The predicted octanol–water partition coefficient (Wildman–Crippen LogP) is 6.63. The van der Waals surface area contributed by atoms with E-state index in [4.69, 9.17) is 16.3 Å². The Hall–Kier alpha value is -3.61. The minimum absolute atomic E-state index is 0.172. The average Bonchev–Trinajstić information content (AvgIpc) is 3.49. The Labute approximate surface area is 200 Å². The number of fused-ring (bicyclic) bond motifs is 1. The number of aromatic nitrogens is 2. The summed E-state index contributed by atoms with van der Waals surface area (Å²) in [6.07, 6.45) is 3.42. The molecular formula is C26H20ClN3O2S. The van der Waals surface area contributed by atoms with Crippen LogP contribution in [-0.4, -0.2) is 15.7 Å². The molecule has 5 aromatic rings. The highest BCUT2D eigenvalue weighted by Crippen LogP contribution is 2.23. The third kappa shape index (κ3) is 5.08. The maximum absolute atomic E-state index is 12.7. The van der Waals surface area contributed by atoms with Crippen molar-refractivity contribution < 1.29 is 9.53 Å². The summed E-state index contributed by atoms with van der Waals surface area (Å²) in [5.41, 5.74) is 2.55. The lowest BCUT2D eigenvalue weighted by atomic mass is 10.1. The Bertz CT molecular complexity index is 1430. The molecule has 0 radical (unpaired) electrons. The first kappa shape index (κ1) is 21.2. The highest BCUT2D eigenvalue weighted by molar-refractivity contribution is 7.12. The van der Waals surface area contributed by atoms with Crippen molar-refractivity contribution >= 4 is 45.3 Å². The lowest BCUT2D eigenvalue weighted by Crippen LogP contribution is -2.09. The molecule has 2 heterocycles. The Morgan fingerprint density at radius 2 is 1.85 bits per heavy atom. The minimum atomic E-state index is -0.172. The summed E-state index contributed by atoms with van der Waals surface area (Å²) in [6.45, 7) is 0.933. The van der Waals surface area contributed by atoms with Crippen LogP contribution in [0.2, 0.25) is 5.02 Å². The molecule has 0 bridgehead atoms. The van der Waals surface area contributed by atoms with Gasteiger partial charge in [-0.15, -0.1) is 11.3 Å². The summed E-state index contributed by atoms with van der Waals surface area (Å²) in [6, 6.07) is 23.7. The molecule has 33 heavy (non-hydrogen) atoms. The van der Waals surface area contributed by atoms with Crippen LogP contribution in [0.25, 0.3) is 10.8 Å². The van der Waals surface area contributed by atoms with E-state index in [0.717, 1.165) is 22.3 Å². The third-order valence-corrected chi connectivity index (χ3v) is 6.53. The average molecular weight is 474 g/mol. The number of benzene rings is 3. The molecule has 5 nitrogen and oxygen atoms in total. The van der Waals surface area contributed by atoms with Gasteiger partial charge in [-0.3, -0.25) is 9.48 Å². The van der Waals surface area contributed by atoms with E-state index in [-0.39, 0.29) is 5.91 Å². The van der Waals surface area contributed by atoms with Gasteiger partial charge in [-0.1, -0.05) is 60.1 Å². The van der Waals surface area contributed by atoms with E-state index in [9.17, 15) is 4.79 Å². The number of nitrogens with one attached hydrogen (secondary N) is 1. The first-order valence-corrected chi connectivity index (χ1v) is 11.7. The van der Waals surface area contributed by atoms with Crippen LogP contribution in [0.4, 0.5) is 5.69 Å². The van der Waals surface area contributed by atoms with Crippen LogP contribution in [0.3, 0.4) is 0 Å². The van der Waals surface area contributed by atoms with Gasteiger partial charge in [0.25, 0.3) is 5.91 Å². The summed E-state index contributed by atoms with van der Waals surface area (Å²) in [4.78, 5) is 13.3. The van der Waals surface area contributed by atoms with Crippen LogP contribution < -0.4 is 10.1 Å². The van der Waals surface area contributed by atoms with E-state index in [1.165, 1.54) is 16.7 Å². The minimum Gasteiger partial charge on any atom is -0.489 e. The van der Waals surface area contributed by atoms with Crippen molar-refractivity contribution in [3.8, 4) is 5.75 Å². The number of amides is 1. The zero-order chi connectivity index (χ0) is 22.6. The van der Waals surface area contributed by atoms with Gasteiger partial charge >= 0.3 is 0 Å². The van der Waals surface area contributed by atoms with E-state index in [1.807, 2.05) is 66.0 Å². The van der Waals surface area contributed by atoms with Gasteiger partial charge in [0.1, 0.15) is 12.4 Å². The van der Waals surface area contributed by atoms with Crippen molar-refractivity contribution in [3.05, 3.63) is 112 Å². The van der Waals surface area contributed by atoms with Crippen molar-refractivity contribution in [1.82, 2.24) is 9.78 Å². The fourth-order valence-electron chi connectivity index (χ4n) is 3.50. The molecule has 0 unspecified atom stereocenters. The van der Waals surface area contributed by atoms with Gasteiger partial charge in [0.15, 0.2) is 0 Å². The summed E-state index contributed by atoms with van der Waals surface area (Å²) in [5.74, 6) is 0.631. The van der Waals surface area contributed by atoms with Crippen molar-refractivity contribution in [2.75, 3.05) is 5.32 Å². The Morgan fingerprint density at radius 1 is 1.03 bits per heavy atom. The summed E-state index contributed by atoms with van der Waals surface area (Å²) in [7, 11) is 0. The molecule has 7 heteroatoms. The number of hydrogen-bond acceptors (Lipinski definition) is 4. The number of rotatable bonds is 7. The molecule has 1 N–H and O–H groups in total. The van der Waals surface area contributed by atoms with Crippen LogP contribution in [0.5, 0.6) is 5.75 Å². The third-order valence-electron chi connectivity index (χ3n) is 5.19. The van der Waals surface area contributed by atoms with Crippen molar-refractivity contribution in [2.45, 2.75) is 13.2 Å². The van der Waals surface area contributed by atoms with Crippen molar-refractivity contribution in [2.24, 2.45) is 0 Å². The number of hydrogen-bond donors (Lipinski definition) is 1. The van der Waals surface area contributed by atoms with Gasteiger partial charge < -0.3 is 10.1 Å². The van der Waals surface area contributed by atoms with Gasteiger partial charge in [-0.2, -0.15) is 5.10 Å². The maximum atomic E-state index is 12.7. The zero-order valence-electron chi connectivity index (χ0n) is 17.6. The summed E-state index contributed by atoms with van der Waals surface area (Å²) >= 11 is 7.61. The van der Waals surface area contributed by atoms with Gasteiger partial charge in [0.05, 0.1) is 23.3 Å². The highest BCUT2D eigenvalue weighted by atomic mass is 35.5. The quantitative estimate of drug-likeness (QED) is 0.288. The second-order valence-electron chi connectivity index (χ2n) is 7.59. The number of thiophene rings is 1. The Morgan fingerprint density at radius 3 is 2.73 bits per heavy atom. The largest absolute Gasteiger partial charge is 0.489 e. The molecule has 0 saturated carbocycles. The van der Waals surface area contributed by atoms with Gasteiger partial charge in [-0.25, -0.2) is 0 Å². The summed E-state index contributed by atoms with van der Waals surface area (Å²) in [5, 5.41) is 12.2. The maximum Gasteiger partial charge on any atom is 0.265 e. The second kappa shape index (κ2) is 9.48. The SMILES string of the molecule is O=C(Nc1cnn(Cc2ccccc2Cl)c1)c1cc(COc2ccc3ccccc3c2)cs1. The van der Waals surface area contributed by atoms with Crippen LogP contribution in [0.15, 0.2) is 90.6 Å². The molecule has 2 aromatic heterocycles. The van der Waals surface area contributed by atoms with Crippen LogP contribution in [0.1, 0.15) is 20.8 Å². The number of anilines is 1. The fraction of sp³-hybridized carbons (Fsp3) is 0.0769. The number of ether oxygens (including phenoxy) is 1. The lowest BCUT2D eigenvalue weighted by molar-refractivity contribution is 0.103. The Balaban J connectivity index is 1.19. The molecule has 3 aromatic carbocycles. The molecule has 0 aliphatic carbocycles. The normalized spacial score (nSPS) is 10.9. The number of carbonyl (C=O) groups excluding carboxylic acids is 1. The standard InChI is InChI=1S/C26H20ClN3O2S/c27-24-8-4-3-7-21(24)14-30-15-22(13-28-30)29-26(31)25-11-18(17-33-25)16-32-23-10-9-19-5-1-2-6-20(19)12-23/h1-13,15,17H,14,16H2,(H,29,31). The molecule has 0 saturated heterocycles. The molecule has 5 rings (SSSR count). The van der Waals surface area contributed by atoms with Crippen molar-refractivity contribution in [1.29, 1.82) is 0 Å². The van der Waals surface area contributed by atoms with Gasteiger partial charge in [0, 0.05) is 16.8 Å². The van der Waals surface area contributed by atoms with Gasteiger partial charge in [-0.05, 0) is 46.0 Å². The number of nitrogens with zero attached hydrogens (tertiary/aromatic N) is 2. The molecule has 1 amide bonds. The molecule has 0 aliphatic heterocycles. The smallest absolute Gasteiger partial charge is 0.265 e. The van der Waals surface area contributed by atoms with E-state index in [0.29, 0.717) is 28.7 Å². The molecule has 0 atom stereocenters. The van der Waals surface area contributed by atoms with Crippen LogP contribution in [0, 0.1) is 0 Å². The zero-order valence-corrected chi connectivity index (χ0v) is 19.1. The first-order chi connectivity index (χ1) is 16.1. The number of carbonyl (C=O) groups is 1. The van der Waals surface area contributed by atoms with Crippen LogP contribution in [-0.2, 0) is 13.2 Å². The molecule has 0 spiro atoms. The molecular weight excluding hydrogens is 454 g/mol.